The summed E-state index contributed by atoms with van der Waals surface area (Å²) in [6, 6.07) is 18.1. The standard InChI is InChI=1S/C33H35NO3S/c1-32(2,3)24-14-19(15-25(31(24)37)33(4,5)6)13-23-29(20-11-9-8-10-12-20)21-16-26-27(17-22(21)30(23)36)38-18-28(35)34(26)7/h8-17,29,37H,18H2,1-7H3. The Bertz CT molecular complexity index is 1450. The van der Waals surface area contributed by atoms with Gasteiger partial charge < -0.3 is 10.0 Å². The van der Waals surface area contributed by atoms with Gasteiger partial charge in [0.25, 0.3) is 0 Å². The first-order valence-electron chi connectivity index (χ1n) is 13.0. The molecule has 0 saturated carbocycles. The van der Waals surface area contributed by atoms with E-state index in [1.54, 1.807) is 11.9 Å². The average molecular weight is 526 g/mol. The molecule has 0 bridgehead atoms. The number of anilines is 1. The van der Waals surface area contributed by atoms with E-state index in [1.807, 2.05) is 48.5 Å². The normalized spacial score (nSPS) is 18.7. The maximum Gasteiger partial charge on any atom is 0.237 e. The summed E-state index contributed by atoms with van der Waals surface area (Å²) in [5, 5.41) is 11.2. The number of Topliss-reactive ketones (excluding diaryl/α,β-unsaturated/α-hetero) is 1. The second-order valence-electron chi connectivity index (χ2n) is 12.4. The zero-order valence-electron chi connectivity index (χ0n) is 23.2. The largest absolute Gasteiger partial charge is 0.507 e. The Hall–Kier alpha value is -3.31. The smallest absolute Gasteiger partial charge is 0.237 e. The number of carbonyl (C=O) groups is 2. The van der Waals surface area contributed by atoms with Gasteiger partial charge in [0.05, 0.1) is 11.4 Å². The number of carbonyl (C=O) groups excluding carboxylic acids is 2. The Morgan fingerprint density at radius 3 is 2.11 bits per heavy atom. The summed E-state index contributed by atoms with van der Waals surface area (Å²) in [6.07, 6.45) is 2.00. The van der Waals surface area contributed by atoms with Crippen LogP contribution < -0.4 is 4.90 Å². The maximum atomic E-state index is 14.0. The van der Waals surface area contributed by atoms with Crippen LogP contribution in [0.4, 0.5) is 5.69 Å². The first-order valence-corrected chi connectivity index (χ1v) is 14.0. The second kappa shape index (κ2) is 9.16. The second-order valence-corrected chi connectivity index (χ2v) is 13.4. The van der Waals surface area contributed by atoms with Gasteiger partial charge in [0.15, 0.2) is 5.78 Å². The molecule has 2 aliphatic rings. The predicted molar refractivity (Wildman–Crippen MR) is 157 cm³/mol. The van der Waals surface area contributed by atoms with Crippen LogP contribution in [0.5, 0.6) is 5.75 Å². The SMILES string of the molecule is CN1C(=O)CSc2cc3c(cc21)C(c1ccccc1)C(=Cc1cc(C(C)(C)C)c(O)c(C(C)(C)C)c1)C3=O. The zero-order valence-corrected chi connectivity index (χ0v) is 24.0. The molecule has 1 heterocycles. The molecule has 196 valence electrons. The van der Waals surface area contributed by atoms with Crippen LogP contribution >= 0.6 is 11.8 Å². The summed E-state index contributed by atoms with van der Waals surface area (Å²) in [7, 11) is 1.80. The van der Waals surface area contributed by atoms with Crippen molar-refractivity contribution in [3.63, 3.8) is 0 Å². The van der Waals surface area contributed by atoms with Gasteiger partial charge in [0.1, 0.15) is 5.75 Å². The summed E-state index contributed by atoms with van der Waals surface area (Å²) in [4.78, 5) is 29.1. The Kier molecular flexibility index (Phi) is 6.34. The highest BCUT2D eigenvalue weighted by Gasteiger charge is 2.38. The molecule has 0 saturated heterocycles. The lowest BCUT2D eigenvalue weighted by molar-refractivity contribution is -0.116. The molecular formula is C33H35NO3S. The molecular weight excluding hydrogens is 490 g/mol. The fourth-order valence-electron chi connectivity index (χ4n) is 5.44. The first-order chi connectivity index (χ1) is 17.8. The summed E-state index contributed by atoms with van der Waals surface area (Å²) in [5.74, 6) is 0.529. The third kappa shape index (κ3) is 4.47. The van der Waals surface area contributed by atoms with Gasteiger partial charge in [-0.3, -0.25) is 9.59 Å². The van der Waals surface area contributed by atoms with Crippen LogP contribution in [-0.4, -0.2) is 29.6 Å². The van der Waals surface area contributed by atoms with Crippen LogP contribution in [0, 0.1) is 0 Å². The quantitative estimate of drug-likeness (QED) is 0.353. The highest BCUT2D eigenvalue weighted by molar-refractivity contribution is 8.00. The minimum Gasteiger partial charge on any atom is -0.507 e. The number of fused-ring (bicyclic) bond motifs is 2. The van der Waals surface area contributed by atoms with E-state index in [0.717, 1.165) is 38.4 Å². The highest BCUT2D eigenvalue weighted by atomic mass is 32.2. The molecule has 5 heteroatoms. The molecule has 0 aromatic heterocycles. The van der Waals surface area contributed by atoms with Crippen molar-refractivity contribution in [2.45, 2.75) is 63.2 Å². The number of ketones is 1. The van der Waals surface area contributed by atoms with Crippen LogP contribution in [-0.2, 0) is 15.6 Å². The summed E-state index contributed by atoms with van der Waals surface area (Å²) in [6.45, 7) is 12.6. The van der Waals surface area contributed by atoms with Gasteiger partial charge in [-0.2, -0.15) is 0 Å². The number of nitrogens with zero attached hydrogens (tertiary/aromatic N) is 1. The first kappa shape index (κ1) is 26.3. The number of benzene rings is 3. The molecule has 1 aliphatic heterocycles. The van der Waals surface area contributed by atoms with Crippen LogP contribution in [0.25, 0.3) is 6.08 Å². The molecule has 1 atom stereocenters. The molecule has 0 fully saturated rings. The van der Waals surface area contributed by atoms with E-state index in [4.69, 9.17) is 0 Å². The van der Waals surface area contributed by atoms with Crippen molar-refractivity contribution < 1.29 is 14.7 Å². The van der Waals surface area contributed by atoms with E-state index in [9.17, 15) is 14.7 Å². The van der Waals surface area contributed by atoms with E-state index in [0.29, 0.717) is 22.6 Å². The predicted octanol–water partition coefficient (Wildman–Crippen LogP) is 7.47. The van der Waals surface area contributed by atoms with Crippen molar-refractivity contribution in [1.29, 1.82) is 0 Å². The molecule has 38 heavy (non-hydrogen) atoms. The molecule has 1 N–H and O–H groups in total. The van der Waals surface area contributed by atoms with Crippen molar-refractivity contribution in [3.8, 4) is 5.75 Å². The van der Waals surface area contributed by atoms with E-state index in [-0.39, 0.29) is 28.4 Å². The van der Waals surface area contributed by atoms with Gasteiger partial charge in [-0.15, -0.1) is 11.8 Å². The number of amides is 1. The zero-order chi connectivity index (χ0) is 27.6. The Morgan fingerprint density at radius 2 is 1.53 bits per heavy atom. The van der Waals surface area contributed by atoms with E-state index in [2.05, 4.69) is 53.7 Å². The highest BCUT2D eigenvalue weighted by Crippen LogP contribution is 2.48. The van der Waals surface area contributed by atoms with Gasteiger partial charge in [-0.05, 0) is 57.9 Å². The lowest BCUT2D eigenvalue weighted by atomic mass is 9.78. The number of aromatic hydroxyl groups is 1. The Balaban J connectivity index is 1.75. The van der Waals surface area contributed by atoms with E-state index >= 15 is 0 Å². The number of rotatable bonds is 2. The van der Waals surface area contributed by atoms with Gasteiger partial charge in [-0.1, -0.05) is 71.9 Å². The Morgan fingerprint density at radius 1 is 0.921 bits per heavy atom. The number of hydrogen-bond donors (Lipinski definition) is 1. The molecule has 1 aliphatic carbocycles. The van der Waals surface area contributed by atoms with Crippen LogP contribution in [0.15, 0.2) is 65.1 Å². The molecule has 3 aromatic rings. The fourth-order valence-corrected chi connectivity index (χ4v) is 6.46. The number of phenolic OH excluding ortho intramolecular Hbond substituents is 1. The molecule has 0 radical (unpaired) electrons. The van der Waals surface area contributed by atoms with Gasteiger partial charge in [0.2, 0.25) is 5.91 Å². The van der Waals surface area contributed by atoms with Crippen molar-refractivity contribution in [2.24, 2.45) is 0 Å². The monoisotopic (exact) mass is 525 g/mol. The molecule has 1 amide bonds. The molecule has 3 aromatic carbocycles. The van der Waals surface area contributed by atoms with Crippen molar-refractivity contribution in [1.82, 2.24) is 0 Å². The lowest BCUT2D eigenvalue weighted by Gasteiger charge is -2.28. The van der Waals surface area contributed by atoms with Crippen molar-refractivity contribution >= 4 is 35.2 Å². The maximum absolute atomic E-state index is 14.0. The van der Waals surface area contributed by atoms with Gasteiger partial charge in [0, 0.05) is 40.1 Å². The fraction of sp³-hybridized carbons (Fsp3) is 0.333. The van der Waals surface area contributed by atoms with Gasteiger partial charge >= 0.3 is 0 Å². The topological polar surface area (TPSA) is 57.6 Å². The number of phenols is 1. The van der Waals surface area contributed by atoms with Crippen LogP contribution in [0.2, 0.25) is 0 Å². The number of allylic oxidation sites excluding steroid dienone is 1. The third-order valence-corrected chi connectivity index (χ3v) is 8.58. The number of thioether (sulfide) groups is 1. The van der Waals surface area contributed by atoms with Crippen molar-refractivity contribution in [2.75, 3.05) is 17.7 Å². The molecule has 0 spiro atoms. The van der Waals surface area contributed by atoms with Crippen molar-refractivity contribution in [3.05, 3.63) is 93.6 Å². The average Bonchev–Trinajstić information content (AvgIpc) is 3.11. The van der Waals surface area contributed by atoms with E-state index in [1.165, 1.54) is 11.8 Å². The number of hydrogen-bond acceptors (Lipinski definition) is 4. The molecule has 4 nitrogen and oxygen atoms in total. The minimum absolute atomic E-state index is 0.0134. The van der Waals surface area contributed by atoms with Gasteiger partial charge in [-0.25, -0.2) is 0 Å². The summed E-state index contributed by atoms with van der Waals surface area (Å²) < 4.78 is 0. The summed E-state index contributed by atoms with van der Waals surface area (Å²) in [5.41, 5.74) is 6.32. The summed E-state index contributed by atoms with van der Waals surface area (Å²) >= 11 is 1.49. The minimum atomic E-state index is -0.270. The molecule has 1 unspecified atom stereocenters. The Labute approximate surface area is 229 Å². The lowest BCUT2D eigenvalue weighted by Crippen LogP contribution is -2.31. The third-order valence-electron chi connectivity index (χ3n) is 7.55. The van der Waals surface area contributed by atoms with Crippen LogP contribution in [0.3, 0.4) is 0 Å². The van der Waals surface area contributed by atoms with Crippen LogP contribution in [0.1, 0.15) is 85.6 Å². The molecule has 5 rings (SSSR count). The van der Waals surface area contributed by atoms with E-state index < -0.39 is 0 Å².